The van der Waals surface area contributed by atoms with E-state index in [4.69, 9.17) is 0 Å². The predicted molar refractivity (Wildman–Crippen MR) is 97.5 cm³/mol. The number of fused-ring (bicyclic) bond motifs is 1. The van der Waals surface area contributed by atoms with E-state index in [-0.39, 0.29) is 5.91 Å². The van der Waals surface area contributed by atoms with Crippen LogP contribution in [0.15, 0.2) is 42.7 Å². The molecular weight excluding hydrogens is 314 g/mol. The highest BCUT2D eigenvalue weighted by atomic mass is 16.1. The number of hydrogen-bond acceptors (Lipinski definition) is 3. The Morgan fingerprint density at radius 2 is 2.28 bits per heavy atom. The molecule has 25 heavy (non-hydrogen) atoms. The zero-order chi connectivity index (χ0) is 17.2. The van der Waals surface area contributed by atoms with Crippen molar-refractivity contribution in [3.8, 4) is 0 Å². The van der Waals surface area contributed by atoms with Crippen LogP contribution in [-0.4, -0.2) is 45.7 Å². The summed E-state index contributed by atoms with van der Waals surface area (Å²) in [7, 11) is 1.63. The van der Waals surface area contributed by atoms with Gasteiger partial charge in [-0.15, -0.1) is 0 Å². The van der Waals surface area contributed by atoms with Gasteiger partial charge in [-0.1, -0.05) is 12.1 Å². The fraction of sp³-hybridized carbons (Fsp3) is 0.368. The van der Waals surface area contributed by atoms with Crippen molar-refractivity contribution in [3.63, 3.8) is 0 Å². The lowest BCUT2D eigenvalue weighted by Crippen LogP contribution is -2.36. The first-order valence-electron chi connectivity index (χ1n) is 8.79. The van der Waals surface area contributed by atoms with Crippen molar-refractivity contribution in [2.75, 3.05) is 20.1 Å². The number of likely N-dealkylation sites (tertiary alicyclic amines) is 1. The number of amides is 1. The molecule has 130 valence electrons. The Morgan fingerprint density at radius 1 is 1.36 bits per heavy atom. The molecule has 1 atom stereocenters. The largest absolute Gasteiger partial charge is 0.361 e. The molecule has 1 amide bonds. The van der Waals surface area contributed by atoms with E-state index in [1.807, 2.05) is 17.1 Å². The maximum absolute atomic E-state index is 11.7. The number of nitrogens with one attached hydrogen (secondary N) is 2. The van der Waals surface area contributed by atoms with Crippen molar-refractivity contribution in [2.45, 2.75) is 25.4 Å². The molecule has 3 aromatic rings. The van der Waals surface area contributed by atoms with Crippen molar-refractivity contribution < 1.29 is 4.79 Å². The number of hydrogen-bond donors (Lipinski definition) is 2. The summed E-state index contributed by atoms with van der Waals surface area (Å²) in [4.78, 5) is 17.5. The smallest absolute Gasteiger partial charge is 0.271 e. The van der Waals surface area contributed by atoms with Gasteiger partial charge in [0.05, 0.1) is 6.04 Å². The number of carbonyl (C=O) groups excluding carboxylic acids is 1. The Hall–Kier alpha value is -2.60. The lowest BCUT2D eigenvalue weighted by molar-refractivity contribution is 0.0955. The molecule has 2 aromatic heterocycles. The van der Waals surface area contributed by atoms with E-state index in [9.17, 15) is 4.79 Å². The second-order valence-corrected chi connectivity index (χ2v) is 6.65. The maximum Gasteiger partial charge on any atom is 0.271 e. The van der Waals surface area contributed by atoms with E-state index in [2.05, 4.69) is 44.6 Å². The standard InChI is InChI=1S/C19H23N5O/c1-20-19(25)18-8-11-24(22-18)15-5-3-10-23(13-15)12-14-4-2-6-17-16(14)7-9-21-17/h2,4,6-9,11,15,21H,3,5,10,12-13H2,1H3,(H,20,25)/t15-/m1/s1. The van der Waals surface area contributed by atoms with Gasteiger partial charge in [0.2, 0.25) is 0 Å². The molecular formula is C19H23N5O. The third-order valence-corrected chi connectivity index (χ3v) is 5.00. The van der Waals surface area contributed by atoms with E-state index in [0.717, 1.165) is 32.5 Å². The molecule has 1 aliphatic rings. The molecule has 2 N–H and O–H groups in total. The van der Waals surface area contributed by atoms with Crippen molar-refractivity contribution >= 4 is 16.8 Å². The molecule has 0 radical (unpaired) electrons. The van der Waals surface area contributed by atoms with Gasteiger partial charge in [0.1, 0.15) is 5.69 Å². The Labute approximate surface area is 146 Å². The number of benzene rings is 1. The monoisotopic (exact) mass is 337 g/mol. The van der Waals surface area contributed by atoms with Gasteiger partial charge in [0.15, 0.2) is 0 Å². The number of aromatic nitrogens is 3. The first kappa shape index (κ1) is 15.9. The van der Waals surface area contributed by atoms with Gasteiger partial charge >= 0.3 is 0 Å². The number of rotatable bonds is 4. The Morgan fingerprint density at radius 3 is 3.16 bits per heavy atom. The molecule has 1 fully saturated rings. The lowest BCUT2D eigenvalue weighted by atomic mass is 10.0. The Kier molecular flexibility index (Phi) is 4.28. The number of carbonyl (C=O) groups is 1. The van der Waals surface area contributed by atoms with Crippen LogP contribution in [0.1, 0.15) is 34.9 Å². The molecule has 0 spiro atoms. The molecule has 1 saturated heterocycles. The molecule has 6 nitrogen and oxygen atoms in total. The molecule has 1 aliphatic heterocycles. The Bertz CT molecular complexity index is 881. The van der Waals surface area contributed by atoms with Crippen LogP contribution in [-0.2, 0) is 6.54 Å². The summed E-state index contributed by atoms with van der Waals surface area (Å²) in [5.41, 5.74) is 3.02. The van der Waals surface area contributed by atoms with Crippen LogP contribution < -0.4 is 5.32 Å². The highest BCUT2D eigenvalue weighted by molar-refractivity contribution is 5.91. The minimum absolute atomic E-state index is 0.134. The summed E-state index contributed by atoms with van der Waals surface area (Å²) in [6, 6.07) is 10.7. The third kappa shape index (κ3) is 3.17. The topological polar surface area (TPSA) is 66.0 Å². The van der Waals surface area contributed by atoms with Crippen molar-refractivity contribution in [2.24, 2.45) is 0 Å². The van der Waals surface area contributed by atoms with Gasteiger partial charge in [-0.2, -0.15) is 5.10 Å². The molecule has 1 aromatic carbocycles. The normalized spacial score (nSPS) is 18.5. The summed E-state index contributed by atoms with van der Waals surface area (Å²) in [5, 5.41) is 8.38. The highest BCUT2D eigenvalue weighted by Crippen LogP contribution is 2.25. The van der Waals surface area contributed by atoms with Crippen molar-refractivity contribution in [3.05, 3.63) is 54.0 Å². The second-order valence-electron chi connectivity index (χ2n) is 6.65. The fourth-order valence-electron chi connectivity index (χ4n) is 3.71. The number of H-pyrrole nitrogens is 1. The first-order chi connectivity index (χ1) is 12.2. The van der Waals surface area contributed by atoms with Crippen LogP contribution in [0.3, 0.4) is 0 Å². The van der Waals surface area contributed by atoms with Crippen molar-refractivity contribution in [1.29, 1.82) is 0 Å². The van der Waals surface area contributed by atoms with Gasteiger partial charge < -0.3 is 10.3 Å². The number of aromatic amines is 1. The van der Waals surface area contributed by atoms with E-state index >= 15 is 0 Å². The quantitative estimate of drug-likeness (QED) is 0.769. The number of nitrogens with zero attached hydrogens (tertiary/aromatic N) is 3. The van der Waals surface area contributed by atoms with Gasteiger partial charge in [-0.25, -0.2) is 0 Å². The summed E-state index contributed by atoms with van der Waals surface area (Å²) >= 11 is 0. The van der Waals surface area contributed by atoms with Crippen LogP contribution >= 0.6 is 0 Å². The molecule has 0 aliphatic carbocycles. The summed E-state index contributed by atoms with van der Waals surface area (Å²) in [6.45, 7) is 2.99. The highest BCUT2D eigenvalue weighted by Gasteiger charge is 2.23. The number of piperidine rings is 1. The minimum Gasteiger partial charge on any atom is -0.361 e. The summed E-state index contributed by atoms with van der Waals surface area (Å²) in [5.74, 6) is -0.134. The predicted octanol–water partition coefficient (Wildman–Crippen LogP) is 2.56. The van der Waals surface area contributed by atoms with Crippen LogP contribution in [0.4, 0.5) is 0 Å². The molecule has 0 unspecified atom stereocenters. The van der Waals surface area contributed by atoms with E-state index in [0.29, 0.717) is 11.7 Å². The van der Waals surface area contributed by atoms with Crippen LogP contribution in [0, 0.1) is 0 Å². The molecule has 3 heterocycles. The molecule has 0 saturated carbocycles. The van der Waals surface area contributed by atoms with Gasteiger partial charge in [0.25, 0.3) is 5.91 Å². The van der Waals surface area contributed by atoms with Gasteiger partial charge in [-0.05, 0) is 43.1 Å². The van der Waals surface area contributed by atoms with Crippen molar-refractivity contribution in [1.82, 2.24) is 25.0 Å². The molecule has 4 rings (SSSR count). The first-order valence-corrected chi connectivity index (χ1v) is 8.79. The van der Waals surface area contributed by atoms with Crippen LogP contribution in [0.5, 0.6) is 0 Å². The SMILES string of the molecule is CNC(=O)c1ccn([C@@H]2CCCN(Cc3cccc4[nH]ccc34)C2)n1. The lowest BCUT2D eigenvalue weighted by Gasteiger charge is -2.33. The summed E-state index contributed by atoms with van der Waals surface area (Å²) < 4.78 is 1.95. The molecule has 0 bridgehead atoms. The minimum atomic E-state index is -0.134. The second kappa shape index (κ2) is 6.72. The zero-order valence-corrected chi connectivity index (χ0v) is 14.4. The van der Waals surface area contributed by atoms with E-state index in [1.165, 1.54) is 16.5 Å². The summed E-state index contributed by atoms with van der Waals surface area (Å²) in [6.07, 6.45) is 6.16. The third-order valence-electron chi connectivity index (χ3n) is 5.00. The van der Waals surface area contributed by atoms with Gasteiger partial charge in [0, 0.05) is 43.4 Å². The maximum atomic E-state index is 11.7. The van der Waals surface area contributed by atoms with E-state index in [1.54, 1.807) is 13.1 Å². The average Bonchev–Trinajstić information content (AvgIpc) is 3.31. The fourth-order valence-corrected chi connectivity index (χ4v) is 3.71. The van der Waals surface area contributed by atoms with Gasteiger partial charge in [-0.3, -0.25) is 14.4 Å². The average molecular weight is 337 g/mol. The Balaban J connectivity index is 1.48. The zero-order valence-electron chi connectivity index (χ0n) is 14.4. The van der Waals surface area contributed by atoms with E-state index < -0.39 is 0 Å². The van der Waals surface area contributed by atoms with Crippen LogP contribution in [0.2, 0.25) is 0 Å². The molecule has 6 heteroatoms. The van der Waals surface area contributed by atoms with Crippen LogP contribution in [0.25, 0.3) is 10.9 Å².